The van der Waals surface area contributed by atoms with Crippen LogP contribution in [0.4, 0.5) is 13.2 Å². The second-order valence-corrected chi connectivity index (χ2v) is 3.75. The first-order chi connectivity index (χ1) is 6.02. The van der Waals surface area contributed by atoms with E-state index in [1.807, 2.05) is 0 Å². The number of alkyl halides is 3. The minimum Gasteiger partial charge on any atom is -0.379 e. The minimum absolute atomic E-state index is 0.350. The number of ether oxygens (including phenoxy) is 1. The van der Waals surface area contributed by atoms with Crippen molar-refractivity contribution in [2.45, 2.75) is 11.4 Å². The molecule has 0 bridgehead atoms. The summed E-state index contributed by atoms with van der Waals surface area (Å²) in [6, 6.07) is 0. The molecule has 1 aliphatic heterocycles. The topological polar surface area (TPSA) is 12.5 Å². The average molecular weight is 215 g/mol. The molecule has 13 heavy (non-hydrogen) atoms. The zero-order valence-corrected chi connectivity index (χ0v) is 7.94. The predicted octanol–water partition coefficient (Wildman–Crippen LogP) is 1.18. The molecule has 78 valence electrons. The van der Waals surface area contributed by atoms with Crippen LogP contribution in [0.5, 0.6) is 0 Å². The third-order valence-corrected chi connectivity index (χ3v) is 2.22. The fourth-order valence-electron chi connectivity index (χ4n) is 1.14. The molecule has 1 atom stereocenters. The van der Waals surface area contributed by atoms with Crippen molar-refractivity contribution in [2.24, 2.45) is 0 Å². The van der Waals surface area contributed by atoms with E-state index < -0.39 is 11.4 Å². The van der Waals surface area contributed by atoms with Gasteiger partial charge < -0.3 is 4.74 Å². The lowest BCUT2D eigenvalue weighted by Gasteiger charge is -2.31. The first kappa shape index (κ1) is 11.1. The molecule has 0 radical (unpaired) electrons. The highest BCUT2D eigenvalue weighted by atomic mass is 32.1. The molecule has 1 aliphatic rings. The second-order valence-electron chi connectivity index (χ2n) is 3.01. The molecular weight excluding hydrogens is 203 g/mol. The van der Waals surface area contributed by atoms with E-state index in [2.05, 4.69) is 12.6 Å². The molecule has 0 saturated carbocycles. The van der Waals surface area contributed by atoms with E-state index >= 15 is 0 Å². The van der Waals surface area contributed by atoms with Crippen molar-refractivity contribution in [1.82, 2.24) is 4.90 Å². The molecule has 1 fully saturated rings. The maximum Gasteiger partial charge on any atom is 0.282 e. The molecule has 0 aromatic rings. The first-order valence-electron chi connectivity index (χ1n) is 4.02. The van der Waals surface area contributed by atoms with Crippen molar-refractivity contribution in [2.75, 3.05) is 32.8 Å². The number of rotatable bonds is 3. The van der Waals surface area contributed by atoms with E-state index in [4.69, 9.17) is 4.74 Å². The van der Waals surface area contributed by atoms with Gasteiger partial charge in [-0.2, -0.15) is 0 Å². The van der Waals surface area contributed by atoms with Crippen LogP contribution in [-0.4, -0.2) is 49.2 Å². The molecule has 1 unspecified atom stereocenters. The lowest BCUT2D eigenvalue weighted by atomic mass is 10.3. The summed E-state index contributed by atoms with van der Waals surface area (Å²) >= 11 is 3.29. The van der Waals surface area contributed by atoms with Gasteiger partial charge in [0, 0.05) is 19.6 Å². The Morgan fingerprint density at radius 3 is 2.38 bits per heavy atom. The van der Waals surface area contributed by atoms with Crippen molar-refractivity contribution in [3.8, 4) is 0 Å². The Hall–Kier alpha value is 0.0600. The molecule has 1 saturated heterocycles. The third kappa shape index (κ3) is 3.36. The van der Waals surface area contributed by atoms with Crippen LogP contribution in [0, 0.1) is 0 Å². The molecule has 0 aromatic heterocycles. The Bertz CT molecular complexity index is 162. The molecular formula is C7H12F3NOS. The molecule has 6 heteroatoms. The van der Waals surface area contributed by atoms with E-state index in [0.717, 1.165) is 0 Å². The van der Waals surface area contributed by atoms with Crippen molar-refractivity contribution in [3.05, 3.63) is 0 Å². The van der Waals surface area contributed by atoms with Gasteiger partial charge in [-0.3, -0.25) is 4.90 Å². The van der Waals surface area contributed by atoms with Gasteiger partial charge in [0.1, 0.15) is 0 Å². The van der Waals surface area contributed by atoms with E-state index in [-0.39, 0.29) is 6.54 Å². The Balaban J connectivity index is 2.37. The summed E-state index contributed by atoms with van der Waals surface area (Å²) in [5.74, 6) is 0. The van der Waals surface area contributed by atoms with Crippen LogP contribution in [0.25, 0.3) is 0 Å². The summed E-state index contributed by atoms with van der Waals surface area (Å²) in [5.41, 5.74) is 0. The lowest BCUT2D eigenvalue weighted by molar-refractivity contribution is -0.0221. The summed E-state index contributed by atoms with van der Waals surface area (Å²) in [6.07, 6.45) is -3.06. The van der Waals surface area contributed by atoms with Crippen molar-refractivity contribution in [3.63, 3.8) is 0 Å². The van der Waals surface area contributed by atoms with Gasteiger partial charge in [0.2, 0.25) is 5.00 Å². The maximum atomic E-state index is 13.0. The van der Waals surface area contributed by atoms with Gasteiger partial charge in [0.25, 0.3) is 6.43 Å². The van der Waals surface area contributed by atoms with E-state index in [1.54, 1.807) is 4.90 Å². The van der Waals surface area contributed by atoms with Crippen LogP contribution in [0.3, 0.4) is 0 Å². The standard InChI is InChI=1S/C7H12F3NOS/c8-6(9)7(10,13)5-11-1-3-12-4-2-11/h6,13H,1-5H2. The molecule has 0 amide bonds. The second kappa shape index (κ2) is 4.52. The highest BCUT2D eigenvalue weighted by Gasteiger charge is 2.38. The highest BCUT2D eigenvalue weighted by molar-refractivity contribution is 7.81. The average Bonchev–Trinajstić information content (AvgIpc) is 2.05. The fraction of sp³-hybridized carbons (Fsp3) is 1.00. The molecule has 2 nitrogen and oxygen atoms in total. The molecule has 0 spiro atoms. The first-order valence-corrected chi connectivity index (χ1v) is 4.46. The van der Waals surface area contributed by atoms with Gasteiger partial charge >= 0.3 is 0 Å². The molecule has 1 rings (SSSR count). The van der Waals surface area contributed by atoms with Crippen molar-refractivity contribution >= 4 is 12.6 Å². The van der Waals surface area contributed by atoms with Gasteiger partial charge in [-0.25, -0.2) is 13.2 Å². The SMILES string of the molecule is FC(F)C(F)(S)CN1CCOCC1. The molecule has 1 heterocycles. The monoisotopic (exact) mass is 215 g/mol. The van der Waals surface area contributed by atoms with Gasteiger partial charge in [-0.15, -0.1) is 12.6 Å². The van der Waals surface area contributed by atoms with Crippen LogP contribution < -0.4 is 0 Å². The zero-order valence-electron chi connectivity index (χ0n) is 7.05. The van der Waals surface area contributed by atoms with Crippen LogP contribution in [0.15, 0.2) is 0 Å². The normalized spacial score (nSPS) is 24.7. The van der Waals surface area contributed by atoms with Crippen molar-refractivity contribution < 1.29 is 17.9 Å². The largest absolute Gasteiger partial charge is 0.379 e. The van der Waals surface area contributed by atoms with E-state index in [0.29, 0.717) is 26.3 Å². The minimum atomic E-state index is -3.06. The summed E-state index contributed by atoms with van der Waals surface area (Å²) < 4.78 is 42.1. The molecule has 0 aromatic carbocycles. The number of hydrogen-bond donors (Lipinski definition) is 1. The zero-order chi connectivity index (χ0) is 9.90. The Kier molecular flexibility index (Phi) is 3.87. The summed E-state index contributed by atoms with van der Waals surface area (Å²) in [6.45, 7) is 1.55. The van der Waals surface area contributed by atoms with E-state index in [1.165, 1.54) is 0 Å². The quantitative estimate of drug-likeness (QED) is 0.710. The summed E-state index contributed by atoms with van der Waals surface area (Å²) in [4.78, 5) is 1.59. The number of halogens is 3. The van der Waals surface area contributed by atoms with Crippen LogP contribution in [0.1, 0.15) is 0 Å². The van der Waals surface area contributed by atoms with Gasteiger partial charge in [0.15, 0.2) is 0 Å². The number of thiol groups is 1. The summed E-state index contributed by atoms with van der Waals surface area (Å²) in [5, 5.41) is -2.71. The Morgan fingerprint density at radius 1 is 1.38 bits per heavy atom. The number of nitrogens with zero attached hydrogens (tertiary/aromatic N) is 1. The predicted molar refractivity (Wildman–Crippen MR) is 46.1 cm³/mol. The number of hydrogen-bond acceptors (Lipinski definition) is 3. The van der Waals surface area contributed by atoms with Gasteiger partial charge in [-0.05, 0) is 0 Å². The molecule has 0 N–H and O–H groups in total. The third-order valence-electron chi connectivity index (χ3n) is 1.88. The highest BCUT2D eigenvalue weighted by Crippen LogP contribution is 2.26. The maximum absolute atomic E-state index is 13.0. The lowest BCUT2D eigenvalue weighted by Crippen LogP contribution is -2.45. The number of morpholine rings is 1. The fourth-order valence-corrected chi connectivity index (χ4v) is 1.34. The smallest absolute Gasteiger partial charge is 0.282 e. The van der Waals surface area contributed by atoms with Crippen molar-refractivity contribution in [1.29, 1.82) is 0 Å². The molecule has 0 aliphatic carbocycles. The summed E-state index contributed by atoms with van der Waals surface area (Å²) in [7, 11) is 0. The van der Waals surface area contributed by atoms with Gasteiger partial charge in [-0.1, -0.05) is 0 Å². The van der Waals surface area contributed by atoms with E-state index in [9.17, 15) is 13.2 Å². The van der Waals surface area contributed by atoms with Crippen LogP contribution in [-0.2, 0) is 4.74 Å². The Labute approximate surface area is 80.4 Å². The Morgan fingerprint density at radius 2 is 1.92 bits per heavy atom. The van der Waals surface area contributed by atoms with Gasteiger partial charge in [0.05, 0.1) is 13.2 Å². The van der Waals surface area contributed by atoms with Crippen LogP contribution in [0.2, 0.25) is 0 Å². The van der Waals surface area contributed by atoms with Crippen LogP contribution >= 0.6 is 12.6 Å².